The SMILES string of the molecule is CN(Cc1cccc(-c2ccc3cnc(Nc4ccc(N5CCOCC5)cc4)nn23)c1)S(=O)[O-]. The van der Waals surface area contributed by atoms with Gasteiger partial charge >= 0.3 is 0 Å². The van der Waals surface area contributed by atoms with Gasteiger partial charge in [0.1, 0.15) is 0 Å². The zero-order chi connectivity index (χ0) is 23.5. The molecule has 0 aliphatic carbocycles. The highest BCUT2D eigenvalue weighted by Gasteiger charge is 2.12. The lowest BCUT2D eigenvalue weighted by Crippen LogP contribution is -2.36. The van der Waals surface area contributed by atoms with Gasteiger partial charge in [-0.15, -0.1) is 5.10 Å². The summed E-state index contributed by atoms with van der Waals surface area (Å²) in [7, 11) is 1.54. The molecule has 1 unspecified atom stereocenters. The van der Waals surface area contributed by atoms with E-state index in [9.17, 15) is 8.76 Å². The fraction of sp³-hybridized carbons (Fsp3) is 0.250. The molecule has 4 aromatic rings. The molecule has 9 nitrogen and oxygen atoms in total. The van der Waals surface area contributed by atoms with Crippen LogP contribution in [-0.2, 0) is 22.5 Å². The molecule has 0 saturated carbocycles. The number of nitrogens with one attached hydrogen (secondary N) is 1. The Balaban J connectivity index is 1.37. The van der Waals surface area contributed by atoms with E-state index in [0.29, 0.717) is 12.5 Å². The Bertz CT molecular complexity index is 1300. The lowest BCUT2D eigenvalue weighted by molar-refractivity contribution is 0.122. The quantitative estimate of drug-likeness (QED) is 0.408. The molecule has 1 fully saturated rings. The maximum absolute atomic E-state index is 11.2. The van der Waals surface area contributed by atoms with Crippen molar-refractivity contribution in [1.29, 1.82) is 0 Å². The van der Waals surface area contributed by atoms with Crippen molar-refractivity contribution in [3.05, 3.63) is 72.4 Å². The molecule has 1 aliphatic rings. The van der Waals surface area contributed by atoms with E-state index in [0.717, 1.165) is 54.3 Å². The molecule has 1 saturated heterocycles. The Hall–Kier alpha value is -3.31. The van der Waals surface area contributed by atoms with Crippen LogP contribution in [0.5, 0.6) is 0 Å². The van der Waals surface area contributed by atoms with Crippen LogP contribution in [0.25, 0.3) is 16.8 Å². The second-order valence-corrected chi connectivity index (χ2v) is 9.17. The van der Waals surface area contributed by atoms with Crippen molar-refractivity contribution in [3.8, 4) is 11.3 Å². The van der Waals surface area contributed by atoms with Gasteiger partial charge in [-0.3, -0.25) is 4.21 Å². The second-order valence-electron chi connectivity index (χ2n) is 8.11. The molecule has 34 heavy (non-hydrogen) atoms. The number of hydrogen-bond donors (Lipinski definition) is 1. The first-order valence-electron chi connectivity index (χ1n) is 11.0. The van der Waals surface area contributed by atoms with Gasteiger partial charge in [0, 0.05) is 47.8 Å². The first-order chi connectivity index (χ1) is 16.6. The smallest absolute Gasteiger partial charge is 0.245 e. The van der Waals surface area contributed by atoms with Crippen LogP contribution < -0.4 is 10.2 Å². The van der Waals surface area contributed by atoms with Crippen molar-refractivity contribution >= 4 is 34.1 Å². The Kier molecular flexibility index (Phi) is 6.54. The third kappa shape index (κ3) is 4.95. The highest BCUT2D eigenvalue weighted by molar-refractivity contribution is 7.76. The summed E-state index contributed by atoms with van der Waals surface area (Å²) in [5.41, 5.74) is 5.68. The predicted octanol–water partition coefficient (Wildman–Crippen LogP) is 3.20. The molecule has 2 aromatic carbocycles. The summed E-state index contributed by atoms with van der Waals surface area (Å²) < 4.78 is 30.9. The van der Waals surface area contributed by atoms with Crippen LogP contribution in [0.3, 0.4) is 0 Å². The maximum Gasteiger partial charge on any atom is 0.245 e. The van der Waals surface area contributed by atoms with E-state index < -0.39 is 11.3 Å². The van der Waals surface area contributed by atoms with E-state index in [4.69, 9.17) is 9.84 Å². The molecule has 2 aromatic heterocycles. The van der Waals surface area contributed by atoms with Crippen LogP contribution in [0.1, 0.15) is 5.56 Å². The van der Waals surface area contributed by atoms with Gasteiger partial charge in [0.05, 0.1) is 30.6 Å². The number of anilines is 3. The minimum Gasteiger partial charge on any atom is -0.760 e. The van der Waals surface area contributed by atoms with Crippen molar-refractivity contribution in [3.63, 3.8) is 0 Å². The molecule has 1 N–H and O–H groups in total. The van der Waals surface area contributed by atoms with Gasteiger partial charge in [-0.2, -0.15) is 0 Å². The molecule has 0 bridgehead atoms. The number of morpholine rings is 1. The van der Waals surface area contributed by atoms with Crippen LogP contribution in [0, 0.1) is 0 Å². The third-order valence-corrected chi connectivity index (χ3v) is 6.42. The molecule has 1 aliphatic heterocycles. The van der Waals surface area contributed by atoms with Crippen LogP contribution in [0.4, 0.5) is 17.3 Å². The number of nitrogens with zero attached hydrogens (tertiary/aromatic N) is 5. The third-order valence-electron chi connectivity index (χ3n) is 5.78. The number of fused-ring (bicyclic) bond motifs is 1. The molecule has 10 heteroatoms. The molecule has 5 rings (SSSR count). The van der Waals surface area contributed by atoms with Gasteiger partial charge in [0.25, 0.3) is 0 Å². The molecule has 0 spiro atoms. The van der Waals surface area contributed by atoms with Gasteiger partial charge < -0.3 is 19.5 Å². The summed E-state index contributed by atoms with van der Waals surface area (Å²) >= 11 is -2.26. The Labute approximate surface area is 200 Å². The molecule has 176 valence electrons. The number of benzene rings is 2. The van der Waals surface area contributed by atoms with Crippen LogP contribution in [0.2, 0.25) is 0 Å². The largest absolute Gasteiger partial charge is 0.760 e. The van der Waals surface area contributed by atoms with Crippen molar-refractivity contribution < 1.29 is 13.5 Å². The molecular formula is C24H25N6O3S-. The predicted molar refractivity (Wildman–Crippen MR) is 132 cm³/mol. The number of rotatable bonds is 7. The zero-order valence-electron chi connectivity index (χ0n) is 18.8. The van der Waals surface area contributed by atoms with E-state index in [1.807, 2.05) is 53.0 Å². The van der Waals surface area contributed by atoms with E-state index in [1.165, 1.54) is 9.99 Å². The summed E-state index contributed by atoms with van der Waals surface area (Å²) in [5.74, 6) is 0.488. The lowest BCUT2D eigenvalue weighted by atomic mass is 10.1. The fourth-order valence-electron chi connectivity index (χ4n) is 4.02. The molecule has 0 radical (unpaired) electrons. The number of ether oxygens (including phenoxy) is 1. The summed E-state index contributed by atoms with van der Waals surface area (Å²) in [6, 6.07) is 20.0. The number of aromatic nitrogens is 3. The van der Waals surface area contributed by atoms with E-state index >= 15 is 0 Å². The van der Waals surface area contributed by atoms with Gasteiger partial charge in [-0.05, 0) is 55.1 Å². The Morgan fingerprint density at radius 2 is 1.91 bits per heavy atom. The van der Waals surface area contributed by atoms with Gasteiger partial charge in [-0.1, -0.05) is 18.2 Å². The minimum absolute atomic E-state index is 0.301. The highest BCUT2D eigenvalue weighted by atomic mass is 32.2. The average Bonchev–Trinajstić information content (AvgIpc) is 3.28. The zero-order valence-corrected chi connectivity index (χ0v) is 19.6. The second kappa shape index (κ2) is 9.90. The summed E-state index contributed by atoms with van der Waals surface area (Å²) in [5, 5.41) is 7.98. The normalized spacial score (nSPS) is 15.1. The minimum atomic E-state index is -2.26. The molecule has 0 amide bonds. The first kappa shape index (κ1) is 22.5. The summed E-state index contributed by atoms with van der Waals surface area (Å²) in [6.07, 6.45) is 1.78. The Morgan fingerprint density at radius 1 is 1.12 bits per heavy atom. The average molecular weight is 478 g/mol. The molecule has 1 atom stereocenters. The summed E-state index contributed by atoms with van der Waals surface area (Å²) in [6.45, 7) is 3.61. The van der Waals surface area contributed by atoms with Crippen molar-refractivity contribution in [2.45, 2.75) is 6.54 Å². The van der Waals surface area contributed by atoms with Crippen molar-refractivity contribution in [2.24, 2.45) is 0 Å². The van der Waals surface area contributed by atoms with Crippen LogP contribution in [-0.4, -0.2) is 61.0 Å². The van der Waals surface area contributed by atoms with Crippen molar-refractivity contribution in [2.75, 3.05) is 43.6 Å². The number of hydrogen-bond acceptors (Lipinski definition) is 7. The van der Waals surface area contributed by atoms with Crippen LogP contribution >= 0.6 is 0 Å². The molecule has 3 heterocycles. The van der Waals surface area contributed by atoms with E-state index in [1.54, 1.807) is 13.2 Å². The molecular weight excluding hydrogens is 452 g/mol. The van der Waals surface area contributed by atoms with Gasteiger partial charge in [0.2, 0.25) is 5.95 Å². The standard InChI is InChI=1S/C24H26N6O3S/c1-28(34(31)32)17-18-3-2-4-19(15-18)23-10-9-22-16-25-24(27-30(22)23)26-20-5-7-21(8-6-20)29-11-13-33-14-12-29/h2-10,15-16H,11-14,17H2,1H3,(H,26,27)(H,31,32)/p-1. The Morgan fingerprint density at radius 3 is 2.68 bits per heavy atom. The maximum atomic E-state index is 11.2. The van der Waals surface area contributed by atoms with E-state index in [2.05, 4.69) is 27.3 Å². The summed E-state index contributed by atoms with van der Waals surface area (Å²) in [4.78, 5) is 6.76. The van der Waals surface area contributed by atoms with Gasteiger partial charge in [-0.25, -0.2) is 13.8 Å². The lowest BCUT2D eigenvalue weighted by Gasteiger charge is -2.28. The monoisotopic (exact) mass is 477 g/mol. The highest BCUT2D eigenvalue weighted by Crippen LogP contribution is 2.25. The fourth-order valence-corrected chi connectivity index (χ4v) is 4.28. The first-order valence-corrected chi connectivity index (χ1v) is 12.0. The van der Waals surface area contributed by atoms with Gasteiger partial charge in [0.15, 0.2) is 0 Å². The van der Waals surface area contributed by atoms with E-state index in [-0.39, 0.29) is 0 Å². The topological polar surface area (TPSA) is 98.1 Å². The van der Waals surface area contributed by atoms with Crippen molar-refractivity contribution in [1.82, 2.24) is 18.9 Å². The van der Waals surface area contributed by atoms with Crippen LogP contribution in [0.15, 0.2) is 66.9 Å².